The predicted molar refractivity (Wildman–Crippen MR) is 40.6 cm³/mol. The normalized spacial score (nSPS) is 35.1. The van der Waals surface area contributed by atoms with Gasteiger partial charge in [0, 0.05) is 6.54 Å². The highest BCUT2D eigenvalue weighted by molar-refractivity contribution is 4.83. The van der Waals surface area contributed by atoms with Crippen LogP contribution in [0.25, 0.3) is 0 Å². The standard InChI is InChI=1S/C8H16FN/c1-3-5-8(9)6-4-7-10(8)2/h3-7H2,1-2H3. The zero-order valence-corrected chi connectivity index (χ0v) is 6.86. The minimum atomic E-state index is -0.964. The van der Waals surface area contributed by atoms with Crippen molar-refractivity contribution in [2.24, 2.45) is 0 Å². The highest BCUT2D eigenvalue weighted by atomic mass is 19.1. The van der Waals surface area contributed by atoms with Crippen molar-refractivity contribution >= 4 is 0 Å². The number of alkyl halides is 1. The molecule has 0 N–H and O–H groups in total. The van der Waals surface area contributed by atoms with E-state index < -0.39 is 5.79 Å². The van der Waals surface area contributed by atoms with E-state index in [9.17, 15) is 4.39 Å². The third kappa shape index (κ3) is 1.31. The minimum absolute atomic E-state index is 0.698. The molecule has 0 aromatic carbocycles. The van der Waals surface area contributed by atoms with Crippen LogP contribution in [0.3, 0.4) is 0 Å². The molecule has 0 spiro atoms. The Morgan fingerprint density at radius 1 is 1.60 bits per heavy atom. The van der Waals surface area contributed by atoms with Crippen molar-refractivity contribution in [2.45, 2.75) is 38.4 Å². The number of hydrogen-bond donors (Lipinski definition) is 0. The third-order valence-corrected chi connectivity index (χ3v) is 2.37. The maximum absolute atomic E-state index is 13.6. The van der Waals surface area contributed by atoms with Crippen LogP contribution in [0.4, 0.5) is 4.39 Å². The van der Waals surface area contributed by atoms with Crippen molar-refractivity contribution in [3.05, 3.63) is 0 Å². The van der Waals surface area contributed by atoms with E-state index in [-0.39, 0.29) is 0 Å². The zero-order chi connectivity index (χ0) is 7.61. The van der Waals surface area contributed by atoms with Crippen LogP contribution in [0.5, 0.6) is 0 Å². The molecule has 0 aliphatic carbocycles. The number of halogens is 1. The Morgan fingerprint density at radius 2 is 2.30 bits per heavy atom. The van der Waals surface area contributed by atoms with Crippen LogP contribution in [-0.4, -0.2) is 24.3 Å². The molecular formula is C8H16FN. The molecule has 1 atom stereocenters. The molecule has 0 bridgehead atoms. The molecule has 1 saturated heterocycles. The molecule has 2 heteroatoms. The predicted octanol–water partition coefficient (Wildman–Crippen LogP) is 2.18. The first-order chi connectivity index (χ1) is 4.69. The largest absolute Gasteiger partial charge is 0.275 e. The molecule has 1 rings (SSSR count). The van der Waals surface area contributed by atoms with Crippen molar-refractivity contribution in [3.63, 3.8) is 0 Å². The number of hydrogen-bond acceptors (Lipinski definition) is 1. The van der Waals surface area contributed by atoms with E-state index in [1.54, 1.807) is 0 Å². The average Bonchev–Trinajstić information content (AvgIpc) is 2.15. The van der Waals surface area contributed by atoms with E-state index in [1.165, 1.54) is 0 Å². The van der Waals surface area contributed by atoms with Crippen LogP contribution >= 0.6 is 0 Å². The number of nitrogens with zero attached hydrogens (tertiary/aromatic N) is 1. The van der Waals surface area contributed by atoms with Crippen LogP contribution in [0, 0.1) is 0 Å². The first kappa shape index (κ1) is 7.99. The Labute approximate surface area is 62.2 Å². The summed E-state index contributed by atoms with van der Waals surface area (Å²) in [5, 5.41) is 0. The highest BCUT2D eigenvalue weighted by Crippen LogP contribution is 2.32. The second kappa shape index (κ2) is 2.87. The lowest BCUT2D eigenvalue weighted by atomic mass is 10.1. The van der Waals surface area contributed by atoms with Gasteiger partial charge in [0.25, 0.3) is 0 Å². The summed E-state index contributed by atoms with van der Waals surface area (Å²) in [4.78, 5) is 1.84. The molecule has 1 unspecified atom stereocenters. The van der Waals surface area contributed by atoms with E-state index in [1.807, 2.05) is 18.9 Å². The monoisotopic (exact) mass is 145 g/mol. The van der Waals surface area contributed by atoms with E-state index in [4.69, 9.17) is 0 Å². The van der Waals surface area contributed by atoms with Crippen molar-refractivity contribution in [3.8, 4) is 0 Å². The second-order valence-electron chi connectivity index (χ2n) is 3.19. The Kier molecular flexibility index (Phi) is 2.29. The molecule has 10 heavy (non-hydrogen) atoms. The van der Waals surface area contributed by atoms with Crippen LogP contribution in [0.15, 0.2) is 0 Å². The second-order valence-corrected chi connectivity index (χ2v) is 3.19. The van der Waals surface area contributed by atoms with Gasteiger partial charge in [-0.2, -0.15) is 0 Å². The number of likely N-dealkylation sites (tertiary alicyclic amines) is 1. The van der Waals surface area contributed by atoms with Crippen molar-refractivity contribution < 1.29 is 4.39 Å². The van der Waals surface area contributed by atoms with Gasteiger partial charge in [-0.05, 0) is 26.3 Å². The Hall–Kier alpha value is -0.110. The van der Waals surface area contributed by atoms with Crippen molar-refractivity contribution in [1.29, 1.82) is 0 Å². The van der Waals surface area contributed by atoms with E-state index in [0.29, 0.717) is 6.42 Å². The van der Waals surface area contributed by atoms with E-state index in [2.05, 4.69) is 0 Å². The van der Waals surface area contributed by atoms with Gasteiger partial charge in [0.05, 0.1) is 0 Å². The van der Waals surface area contributed by atoms with Crippen LogP contribution in [0.1, 0.15) is 32.6 Å². The zero-order valence-electron chi connectivity index (χ0n) is 6.86. The topological polar surface area (TPSA) is 3.24 Å². The fourth-order valence-electron chi connectivity index (χ4n) is 1.68. The molecule has 0 radical (unpaired) electrons. The molecule has 60 valence electrons. The fraction of sp³-hybridized carbons (Fsp3) is 1.00. The van der Waals surface area contributed by atoms with Gasteiger partial charge in [0.1, 0.15) is 0 Å². The van der Waals surface area contributed by atoms with E-state index >= 15 is 0 Å². The summed E-state index contributed by atoms with van der Waals surface area (Å²) in [6.45, 7) is 2.96. The van der Waals surface area contributed by atoms with Crippen molar-refractivity contribution in [2.75, 3.05) is 13.6 Å². The summed E-state index contributed by atoms with van der Waals surface area (Å²) in [7, 11) is 1.88. The Morgan fingerprint density at radius 3 is 2.70 bits per heavy atom. The first-order valence-electron chi connectivity index (χ1n) is 4.09. The molecule has 0 saturated carbocycles. The highest BCUT2D eigenvalue weighted by Gasteiger charge is 2.37. The molecule has 0 aromatic heterocycles. The van der Waals surface area contributed by atoms with Crippen molar-refractivity contribution in [1.82, 2.24) is 4.90 Å². The lowest BCUT2D eigenvalue weighted by molar-refractivity contribution is 0.0115. The lowest BCUT2D eigenvalue weighted by Gasteiger charge is -2.26. The van der Waals surface area contributed by atoms with Crippen LogP contribution in [-0.2, 0) is 0 Å². The first-order valence-corrected chi connectivity index (χ1v) is 4.09. The Balaban J connectivity index is 2.48. The summed E-state index contributed by atoms with van der Waals surface area (Å²) in [5.74, 6) is -0.964. The van der Waals surface area contributed by atoms with Gasteiger partial charge >= 0.3 is 0 Å². The van der Waals surface area contributed by atoms with Gasteiger partial charge in [0.15, 0.2) is 5.79 Å². The molecule has 1 aliphatic rings. The molecule has 0 aromatic rings. The van der Waals surface area contributed by atoms with E-state index in [0.717, 1.165) is 25.8 Å². The average molecular weight is 145 g/mol. The summed E-state index contributed by atoms with van der Waals surface area (Å²) in [6, 6.07) is 0. The van der Waals surface area contributed by atoms with Gasteiger partial charge in [0.2, 0.25) is 0 Å². The summed E-state index contributed by atoms with van der Waals surface area (Å²) in [5.41, 5.74) is 0. The van der Waals surface area contributed by atoms with Gasteiger partial charge in [-0.25, -0.2) is 4.39 Å². The quantitative estimate of drug-likeness (QED) is 0.538. The summed E-state index contributed by atoms with van der Waals surface area (Å²) < 4.78 is 13.6. The number of rotatable bonds is 2. The molecule has 1 nitrogen and oxygen atoms in total. The van der Waals surface area contributed by atoms with Crippen LogP contribution in [0.2, 0.25) is 0 Å². The van der Waals surface area contributed by atoms with Gasteiger partial charge in [-0.3, -0.25) is 4.90 Å². The molecule has 0 amide bonds. The SMILES string of the molecule is CCCC1(F)CCCN1C. The summed E-state index contributed by atoms with van der Waals surface area (Å²) in [6.07, 6.45) is 3.40. The minimum Gasteiger partial charge on any atom is -0.275 e. The summed E-state index contributed by atoms with van der Waals surface area (Å²) >= 11 is 0. The maximum Gasteiger partial charge on any atom is 0.163 e. The molecule has 1 aliphatic heterocycles. The molecular weight excluding hydrogens is 129 g/mol. The molecule has 1 heterocycles. The van der Waals surface area contributed by atoms with Gasteiger partial charge < -0.3 is 0 Å². The fourth-order valence-corrected chi connectivity index (χ4v) is 1.68. The van der Waals surface area contributed by atoms with Gasteiger partial charge in [-0.1, -0.05) is 13.3 Å². The lowest BCUT2D eigenvalue weighted by Crippen LogP contribution is -2.36. The Bertz CT molecular complexity index is 116. The maximum atomic E-state index is 13.6. The van der Waals surface area contributed by atoms with Gasteiger partial charge in [-0.15, -0.1) is 0 Å². The smallest absolute Gasteiger partial charge is 0.163 e. The molecule has 1 fully saturated rings. The van der Waals surface area contributed by atoms with Crippen LogP contribution < -0.4 is 0 Å². The third-order valence-electron chi connectivity index (χ3n) is 2.37.